The van der Waals surface area contributed by atoms with Gasteiger partial charge in [0.25, 0.3) is 0 Å². The normalized spacial score (nSPS) is 18.0. The van der Waals surface area contributed by atoms with Gasteiger partial charge in [-0.1, -0.05) is 23.2 Å². The molecule has 0 aliphatic carbocycles. The molecule has 1 fully saturated rings. The highest BCUT2D eigenvalue weighted by atomic mass is 35.5. The van der Waals surface area contributed by atoms with Gasteiger partial charge in [-0.3, -0.25) is 0 Å². The molecule has 1 N–H and O–H groups in total. The summed E-state index contributed by atoms with van der Waals surface area (Å²) >= 11 is 11.9. The van der Waals surface area contributed by atoms with E-state index >= 15 is 0 Å². The van der Waals surface area contributed by atoms with Gasteiger partial charge in [0.1, 0.15) is 0 Å². The van der Waals surface area contributed by atoms with Crippen LogP contribution in [0.15, 0.2) is 18.2 Å². The third kappa shape index (κ3) is 3.03. The van der Waals surface area contributed by atoms with Crippen LogP contribution in [0, 0.1) is 0 Å². The molecule has 0 bridgehead atoms. The van der Waals surface area contributed by atoms with Crippen LogP contribution in [0.1, 0.15) is 12.8 Å². The maximum absolute atomic E-state index is 6.03. The summed E-state index contributed by atoms with van der Waals surface area (Å²) in [4.78, 5) is 2.36. The Morgan fingerprint density at radius 1 is 1.00 bits per heavy atom. The monoisotopic (exact) mass is 258 g/mol. The number of hydrogen-bond donors (Lipinski definition) is 1. The van der Waals surface area contributed by atoms with Crippen LogP contribution < -0.4 is 10.2 Å². The van der Waals surface area contributed by atoms with Gasteiger partial charge in [-0.15, -0.1) is 0 Å². The second-order valence-electron chi connectivity index (χ2n) is 4.04. The second kappa shape index (κ2) is 5.76. The lowest BCUT2D eigenvalue weighted by molar-refractivity contribution is 0.567. The Balaban J connectivity index is 2.11. The Bertz CT molecular complexity index is 347. The average molecular weight is 259 g/mol. The molecule has 1 aliphatic rings. The van der Waals surface area contributed by atoms with Crippen molar-refractivity contribution in [1.29, 1.82) is 0 Å². The number of hydrogen-bond acceptors (Lipinski definition) is 2. The number of nitrogens with zero attached hydrogens (tertiary/aromatic N) is 1. The molecular weight excluding hydrogens is 243 g/mol. The molecule has 88 valence electrons. The Morgan fingerprint density at radius 3 is 2.69 bits per heavy atom. The maximum atomic E-state index is 6.03. The van der Waals surface area contributed by atoms with Crippen LogP contribution in [0.4, 0.5) is 5.69 Å². The molecule has 4 heteroatoms. The number of rotatable bonds is 1. The molecule has 1 aromatic carbocycles. The number of halogens is 2. The van der Waals surface area contributed by atoms with Crippen molar-refractivity contribution >= 4 is 28.9 Å². The van der Waals surface area contributed by atoms with Crippen LogP contribution in [0.2, 0.25) is 10.0 Å². The summed E-state index contributed by atoms with van der Waals surface area (Å²) in [7, 11) is 0. The Labute approximate surface area is 107 Å². The summed E-state index contributed by atoms with van der Waals surface area (Å²) in [6.45, 7) is 4.28. The van der Waals surface area contributed by atoms with Crippen LogP contribution in [-0.4, -0.2) is 26.2 Å². The van der Waals surface area contributed by atoms with Gasteiger partial charge in [-0.05, 0) is 37.6 Å². The van der Waals surface area contributed by atoms with Gasteiger partial charge in [-0.25, -0.2) is 0 Å². The molecule has 1 saturated heterocycles. The summed E-state index contributed by atoms with van der Waals surface area (Å²) in [5.41, 5.74) is 1.16. The summed E-state index contributed by atoms with van der Waals surface area (Å²) in [6.07, 6.45) is 2.45. The lowest BCUT2D eigenvalue weighted by atomic mass is 10.2. The number of benzene rings is 1. The topological polar surface area (TPSA) is 15.3 Å². The van der Waals surface area contributed by atoms with E-state index in [4.69, 9.17) is 23.2 Å². The third-order valence-electron chi connectivity index (χ3n) is 2.86. The largest absolute Gasteiger partial charge is 0.370 e. The molecule has 0 atom stereocenters. The zero-order valence-corrected chi connectivity index (χ0v) is 10.7. The minimum absolute atomic E-state index is 0.621. The van der Waals surface area contributed by atoms with Gasteiger partial charge in [0.15, 0.2) is 0 Å². The van der Waals surface area contributed by atoms with E-state index in [0.717, 1.165) is 31.9 Å². The summed E-state index contributed by atoms with van der Waals surface area (Å²) in [5.74, 6) is 0. The predicted octanol–water partition coefficient (Wildman–Crippen LogP) is 3.18. The molecule has 0 radical (unpaired) electrons. The first kappa shape index (κ1) is 12.0. The van der Waals surface area contributed by atoms with Crippen molar-refractivity contribution in [3.8, 4) is 0 Å². The average Bonchev–Trinajstić information content (AvgIpc) is 2.22. The van der Waals surface area contributed by atoms with Crippen molar-refractivity contribution in [3.05, 3.63) is 28.2 Å². The van der Waals surface area contributed by atoms with E-state index in [1.54, 1.807) is 0 Å². The van der Waals surface area contributed by atoms with Crippen LogP contribution in [0.5, 0.6) is 0 Å². The molecule has 1 aliphatic heterocycles. The molecule has 0 spiro atoms. The van der Waals surface area contributed by atoms with E-state index in [1.165, 1.54) is 12.8 Å². The van der Waals surface area contributed by atoms with Crippen LogP contribution >= 0.6 is 23.2 Å². The Kier molecular flexibility index (Phi) is 4.33. The van der Waals surface area contributed by atoms with Gasteiger partial charge >= 0.3 is 0 Å². The van der Waals surface area contributed by atoms with Crippen molar-refractivity contribution in [2.75, 3.05) is 31.1 Å². The lowest BCUT2D eigenvalue weighted by Gasteiger charge is -2.27. The quantitative estimate of drug-likeness (QED) is 0.833. The molecular formula is C12H16Cl2N2. The van der Waals surface area contributed by atoms with E-state index in [0.29, 0.717) is 10.0 Å². The molecule has 0 unspecified atom stereocenters. The van der Waals surface area contributed by atoms with Crippen LogP contribution in [-0.2, 0) is 0 Å². The van der Waals surface area contributed by atoms with Crippen molar-refractivity contribution in [2.45, 2.75) is 12.8 Å². The number of anilines is 1. The van der Waals surface area contributed by atoms with E-state index < -0.39 is 0 Å². The van der Waals surface area contributed by atoms with E-state index in [-0.39, 0.29) is 0 Å². The van der Waals surface area contributed by atoms with Crippen molar-refractivity contribution < 1.29 is 0 Å². The van der Waals surface area contributed by atoms with Gasteiger partial charge in [0.05, 0.1) is 10.0 Å². The van der Waals surface area contributed by atoms with Crippen LogP contribution in [0.3, 0.4) is 0 Å². The smallest absolute Gasteiger partial charge is 0.0612 e. The highest BCUT2D eigenvalue weighted by Crippen LogP contribution is 2.27. The second-order valence-corrected chi connectivity index (χ2v) is 4.86. The predicted molar refractivity (Wildman–Crippen MR) is 70.8 cm³/mol. The minimum atomic E-state index is 0.621. The first-order valence-corrected chi connectivity index (χ1v) is 6.44. The molecule has 1 aromatic rings. The highest BCUT2D eigenvalue weighted by Gasteiger charge is 2.09. The first-order chi connectivity index (χ1) is 7.77. The maximum Gasteiger partial charge on any atom is 0.0612 e. The Hall–Kier alpha value is -0.440. The Morgan fingerprint density at radius 2 is 1.88 bits per heavy atom. The molecule has 2 nitrogen and oxygen atoms in total. The van der Waals surface area contributed by atoms with Gasteiger partial charge in [-0.2, -0.15) is 0 Å². The molecule has 16 heavy (non-hydrogen) atoms. The van der Waals surface area contributed by atoms with Gasteiger partial charge in [0, 0.05) is 25.3 Å². The molecule has 2 rings (SSSR count). The fourth-order valence-electron chi connectivity index (χ4n) is 1.94. The zero-order valence-electron chi connectivity index (χ0n) is 9.18. The lowest BCUT2D eigenvalue weighted by Crippen LogP contribution is -2.36. The summed E-state index contributed by atoms with van der Waals surface area (Å²) in [6, 6.07) is 5.85. The van der Waals surface area contributed by atoms with Gasteiger partial charge < -0.3 is 10.2 Å². The van der Waals surface area contributed by atoms with Crippen molar-refractivity contribution in [1.82, 2.24) is 5.32 Å². The molecule has 1 heterocycles. The molecule has 0 amide bonds. The minimum Gasteiger partial charge on any atom is -0.370 e. The standard InChI is InChI=1S/C12H16Cl2N2/c13-11-4-3-10(9-12(11)14)16-7-2-1-5-15-6-8-16/h3-4,9,15H,1-2,5-8H2. The molecule has 0 aromatic heterocycles. The fourth-order valence-corrected chi connectivity index (χ4v) is 2.24. The van der Waals surface area contributed by atoms with E-state index in [1.807, 2.05) is 18.2 Å². The van der Waals surface area contributed by atoms with Crippen LogP contribution in [0.25, 0.3) is 0 Å². The van der Waals surface area contributed by atoms with E-state index in [9.17, 15) is 0 Å². The van der Waals surface area contributed by atoms with Crippen molar-refractivity contribution in [2.24, 2.45) is 0 Å². The zero-order chi connectivity index (χ0) is 11.4. The summed E-state index contributed by atoms with van der Waals surface area (Å²) < 4.78 is 0. The molecule has 0 saturated carbocycles. The SMILES string of the molecule is Clc1ccc(N2CCCCNCC2)cc1Cl. The third-order valence-corrected chi connectivity index (χ3v) is 3.60. The number of nitrogens with one attached hydrogen (secondary N) is 1. The fraction of sp³-hybridized carbons (Fsp3) is 0.500. The van der Waals surface area contributed by atoms with E-state index in [2.05, 4.69) is 10.2 Å². The van der Waals surface area contributed by atoms with Gasteiger partial charge in [0.2, 0.25) is 0 Å². The highest BCUT2D eigenvalue weighted by molar-refractivity contribution is 6.42. The summed E-state index contributed by atoms with van der Waals surface area (Å²) in [5, 5.41) is 4.67. The first-order valence-electron chi connectivity index (χ1n) is 5.68. The van der Waals surface area contributed by atoms with Crippen molar-refractivity contribution in [3.63, 3.8) is 0 Å².